The summed E-state index contributed by atoms with van der Waals surface area (Å²) < 4.78 is 0. The SMILES string of the molecule is NC(=O)NCc1ccc(C(=O)NCc2cccnc2N2CCCCC2)cc1. The maximum Gasteiger partial charge on any atom is 0.312 e. The average molecular weight is 367 g/mol. The summed E-state index contributed by atoms with van der Waals surface area (Å²) in [4.78, 5) is 30.0. The number of benzene rings is 1. The van der Waals surface area contributed by atoms with Crippen LogP contribution in [0.15, 0.2) is 42.6 Å². The molecule has 0 aliphatic carbocycles. The second-order valence-electron chi connectivity index (χ2n) is 6.63. The van der Waals surface area contributed by atoms with Gasteiger partial charge in [0.25, 0.3) is 5.91 Å². The summed E-state index contributed by atoms with van der Waals surface area (Å²) in [5, 5.41) is 5.49. The molecule has 3 rings (SSSR count). The first-order valence-corrected chi connectivity index (χ1v) is 9.23. The number of piperidine rings is 1. The smallest absolute Gasteiger partial charge is 0.312 e. The van der Waals surface area contributed by atoms with Gasteiger partial charge in [-0.1, -0.05) is 18.2 Å². The fourth-order valence-electron chi connectivity index (χ4n) is 3.20. The minimum atomic E-state index is -0.571. The molecule has 0 spiro atoms. The van der Waals surface area contributed by atoms with Gasteiger partial charge in [-0.05, 0) is 43.0 Å². The number of nitrogens with two attached hydrogens (primary N) is 1. The molecule has 0 atom stereocenters. The van der Waals surface area contributed by atoms with Gasteiger partial charge >= 0.3 is 6.03 Å². The Hall–Kier alpha value is -3.09. The van der Waals surface area contributed by atoms with Crippen molar-refractivity contribution < 1.29 is 9.59 Å². The van der Waals surface area contributed by atoms with E-state index in [1.54, 1.807) is 30.5 Å². The van der Waals surface area contributed by atoms with Crippen LogP contribution in [0.25, 0.3) is 0 Å². The topological polar surface area (TPSA) is 100 Å². The predicted molar refractivity (Wildman–Crippen MR) is 104 cm³/mol. The van der Waals surface area contributed by atoms with Gasteiger partial charge < -0.3 is 21.3 Å². The molecule has 0 saturated carbocycles. The summed E-state index contributed by atoms with van der Waals surface area (Å²) in [5.41, 5.74) is 7.53. The number of aromatic nitrogens is 1. The molecule has 27 heavy (non-hydrogen) atoms. The number of carbonyl (C=O) groups is 2. The molecule has 2 aromatic rings. The van der Waals surface area contributed by atoms with Crippen molar-refractivity contribution in [3.63, 3.8) is 0 Å². The van der Waals surface area contributed by atoms with Crippen LogP contribution in [0.2, 0.25) is 0 Å². The van der Waals surface area contributed by atoms with E-state index in [-0.39, 0.29) is 5.91 Å². The van der Waals surface area contributed by atoms with E-state index in [0.29, 0.717) is 18.7 Å². The van der Waals surface area contributed by atoms with Crippen LogP contribution < -0.4 is 21.3 Å². The molecule has 1 saturated heterocycles. The van der Waals surface area contributed by atoms with Crippen molar-refractivity contribution in [3.8, 4) is 0 Å². The number of pyridine rings is 1. The lowest BCUT2D eigenvalue weighted by atomic mass is 10.1. The molecular weight excluding hydrogens is 342 g/mol. The Morgan fingerprint density at radius 3 is 2.44 bits per heavy atom. The summed E-state index contributed by atoms with van der Waals surface area (Å²) >= 11 is 0. The molecule has 0 unspecified atom stereocenters. The summed E-state index contributed by atoms with van der Waals surface area (Å²) in [6, 6.07) is 10.4. The van der Waals surface area contributed by atoms with E-state index in [1.165, 1.54) is 19.3 Å². The van der Waals surface area contributed by atoms with Crippen LogP contribution in [0, 0.1) is 0 Å². The van der Waals surface area contributed by atoms with Gasteiger partial charge in [0.05, 0.1) is 0 Å². The number of hydrogen-bond donors (Lipinski definition) is 3. The molecule has 1 aliphatic rings. The number of nitrogens with zero attached hydrogens (tertiary/aromatic N) is 2. The molecular formula is C20H25N5O2. The lowest BCUT2D eigenvalue weighted by molar-refractivity contribution is 0.0951. The van der Waals surface area contributed by atoms with Crippen molar-refractivity contribution in [2.45, 2.75) is 32.4 Å². The summed E-state index contributed by atoms with van der Waals surface area (Å²) in [7, 11) is 0. The third-order valence-corrected chi connectivity index (χ3v) is 4.65. The average Bonchev–Trinajstić information content (AvgIpc) is 2.71. The van der Waals surface area contributed by atoms with Crippen LogP contribution in [0.5, 0.6) is 0 Å². The number of rotatable bonds is 6. The second-order valence-corrected chi connectivity index (χ2v) is 6.63. The second kappa shape index (κ2) is 9.02. The van der Waals surface area contributed by atoms with Crippen molar-refractivity contribution in [1.82, 2.24) is 15.6 Å². The van der Waals surface area contributed by atoms with Gasteiger partial charge in [-0.3, -0.25) is 4.79 Å². The van der Waals surface area contributed by atoms with Gasteiger partial charge in [-0.25, -0.2) is 9.78 Å². The first-order chi connectivity index (χ1) is 13.1. The van der Waals surface area contributed by atoms with Crippen LogP contribution in [0.4, 0.5) is 10.6 Å². The zero-order valence-electron chi connectivity index (χ0n) is 15.3. The van der Waals surface area contributed by atoms with Gasteiger partial charge in [-0.15, -0.1) is 0 Å². The lowest BCUT2D eigenvalue weighted by Gasteiger charge is -2.29. The lowest BCUT2D eigenvalue weighted by Crippen LogP contribution is -2.32. The van der Waals surface area contributed by atoms with E-state index in [2.05, 4.69) is 20.5 Å². The number of primary amides is 1. The van der Waals surface area contributed by atoms with Crippen LogP contribution in [-0.2, 0) is 13.1 Å². The highest BCUT2D eigenvalue weighted by molar-refractivity contribution is 5.94. The first kappa shape index (κ1) is 18.7. The number of carbonyl (C=O) groups excluding carboxylic acids is 2. The molecule has 7 heteroatoms. The zero-order valence-corrected chi connectivity index (χ0v) is 15.3. The minimum Gasteiger partial charge on any atom is -0.356 e. The molecule has 1 aliphatic heterocycles. The number of urea groups is 1. The molecule has 1 fully saturated rings. The van der Waals surface area contributed by atoms with Crippen LogP contribution in [-0.4, -0.2) is 30.0 Å². The predicted octanol–water partition coefficient (Wildman–Crippen LogP) is 2.17. The maximum absolute atomic E-state index is 12.4. The number of anilines is 1. The van der Waals surface area contributed by atoms with Crippen molar-refractivity contribution in [2.75, 3.05) is 18.0 Å². The van der Waals surface area contributed by atoms with Gasteiger partial charge in [0.15, 0.2) is 0 Å². The highest BCUT2D eigenvalue weighted by atomic mass is 16.2. The Morgan fingerprint density at radius 1 is 1.00 bits per heavy atom. The van der Waals surface area contributed by atoms with Crippen molar-refractivity contribution >= 4 is 17.8 Å². The van der Waals surface area contributed by atoms with Crippen molar-refractivity contribution in [1.29, 1.82) is 0 Å². The summed E-state index contributed by atoms with van der Waals surface area (Å²) in [6.45, 7) is 2.80. The molecule has 4 N–H and O–H groups in total. The van der Waals surface area contributed by atoms with E-state index in [1.807, 2.05) is 12.1 Å². The third-order valence-electron chi connectivity index (χ3n) is 4.65. The van der Waals surface area contributed by atoms with E-state index >= 15 is 0 Å². The standard InChI is InChI=1S/C20H25N5O2/c21-20(27)24-13-15-6-8-16(9-7-15)19(26)23-14-17-5-4-10-22-18(17)25-11-2-1-3-12-25/h4-10H,1-3,11-14H2,(H,23,26)(H3,21,24,27). The fourth-order valence-corrected chi connectivity index (χ4v) is 3.20. The third kappa shape index (κ3) is 5.20. The molecule has 142 valence electrons. The zero-order chi connectivity index (χ0) is 19.1. The molecule has 1 aromatic carbocycles. The van der Waals surface area contributed by atoms with Gasteiger partial charge in [0.2, 0.25) is 0 Å². The van der Waals surface area contributed by atoms with Gasteiger partial charge in [0.1, 0.15) is 5.82 Å². The highest BCUT2D eigenvalue weighted by Crippen LogP contribution is 2.21. The van der Waals surface area contributed by atoms with Crippen LogP contribution in [0.1, 0.15) is 40.7 Å². The Labute approximate surface area is 159 Å². The van der Waals surface area contributed by atoms with E-state index in [9.17, 15) is 9.59 Å². The fraction of sp³-hybridized carbons (Fsp3) is 0.350. The number of hydrogen-bond acceptors (Lipinski definition) is 4. The molecule has 0 bridgehead atoms. The summed E-state index contributed by atoms with van der Waals surface area (Å²) in [5.74, 6) is 0.822. The molecule has 7 nitrogen and oxygen atoms in total. The number of nitrogens with one attached hydrogen (secondary N) is 2. The van der Waals surface area contributed by atoms with Crippen LogP contribution >= 0.6 is 0 Å². The highest BCUT2D eigenvalue weighted by Gasteiger charge is 2.16. The van der Waals surface area contributed by atoms with E-state index < -0.39 is 6.03 Å². The molecule has 2 heterocycles. The quantitative estimate of drug-likeness (QED) is 0.728. The van der Waals surface area contributed by atoms with Gasteiger partial charge in [-0.2, -0.15) is 0 Å². The first-order valence-electron chi connectivity index (χ1n) is 9.23. The monoisotopic (exact) mass is 367 g/mol. The Bertz CT molecular complexity index is 785. The molecule has 1 aromatic heterocycles. The largest absolute Gasteiger partial charge is 0.356 e. The maximum atomic E-state index is 12.4. The minimum absolute atomic E-state index is 0.141. The summed E-state index contributed by atoms with van der Waals surface area (Å²) in [6.07, 6.45) is 5.42. The van der Waals surface area contributed by atoms with Gasteiger partial charge in [0, 0.05) is 43.5 Å². The van der Waals surface area contributed by atoms with E-state index in [4.69, 9.17) is 5.73 Å². The van der Waals surface area contributed by atoms with E-state index in [0.717, 1.165) is 30.0 Å². The Kier molecular flexibility index (Phi) is 6.25. The Morgan fingerprint density at radius 2 is 1.74 bits per heavy atom. The van der Waals surface area contributed by atoms with Crippen molar-refractivity contribution in [3.05, 3.63) is 59.3 Å². The normalized spacial score (nSPS) is 13.9. The molecule has 3 amide bonds. The molecule has 0 radical (unpaired) electrons. The van der Waals surface area contributed by atoms with Crippen LogP contribution in [0.3, 0.4) is 0 Å². The number of amides is 3. The van der Waals surface area contributed by atoms with Crippen molar-refractivity contribution in [2.24, 2.45) is 5.73 Å². The Balaban J connectivity index is 1.60.